The van der Waals surface area contributed by atoms with Crippen LogP contribution in [0.2, 0.25) is 0 Å². The number of aromatic nitrogens is 2. The number of hydrogen-bond acceptors (Lipinski definition) is 7. The summed E-state index contributed by atoms with van der Waals surface area (Å²) in [6, 6.07) is 0. The Morgan fingerprint density at radius 1 is 1.39 bits per heavy atom. The quantitative estimate of drug-likeness (QED) is 0.670. The highest BCUT2D eigenvalue weighted by atomic mass is 32.2. The van der Waals surface area contributed by atoms with Crippen LogP contribution in [0.1, 0.15) is 10.4 Å². The fourth-order valence-corrected chi connectivity index (χ4v) is 2.95. The summed E-state index contributed by atoms with van der Waals surface area (Å²) in [5, 5.41) is 0. The number of methoxy groups -OCH3 is 1. The molecule has 7 nitrogen and oxygen atoms in total. The van der Waals surface area contributed by atoms with Crippen molar-refractivity contribution in [3.8, 4) is 0 Å². The normalized spacial score (nSPS) is 18.4. The number of esters is 1. The third kappa shape index (κ3) is 2.58. The summed E-state index contributed by atoms with van der Waals surface area (Å²) < 4.78 is 27.3. The van der Waals surface area contributed by atoms with Gasteiger partial charge in [-0.1, -0.05) is 0 Å². The lowest BCUT2D eigenvalue weighted by Gasteiger charge is -2.28. The van der Waals surface area contributed by atoms with E-state index in [4.69, 9.17) is 0 Å². The fourth-order valence-electron chi connectivity index (χ4n) is 1.75. The first-order valence-corrected chi connectivity index (χ1v) is 7.19. The van der Waals surface area contributed by atoms with Crippen LogP contribution in [0.5, 0.6) is 0 Å². The molecule has 1 aliphatic rings. The number of ether oxygens (including phenoxy) is 1. The molecule has 0 aliphatic carbocycles. The third-order valence-electron chi connectivity index (χ3n) is 2.74. The number of hydrogen-bond donors (Lipinski definition) is 0. The molecule has 1 saturated heterocycles. The Bertz CT molecular complexity index is 544. The molecule has 2 heterocycles. The lowest BCUT2D eigenvalue weighted by Crippen LogP contribution is -2.41. The van der Waals surface area contributed by atoms with Crippen LogP contribution in [0.25, 0.3) is 0 Å². The zero-order valence-corrected chi connectivity index (χ0v) is 10.7. The first-order valence-electron chi connectivity index (χ1n) is 5.37. The van der Waals surface area contributed by atoms with Crippen LogP contribution in [0, 0.1) is 0 Å². The maximum Gasteiger partial charge on any atom is 0.343 e. The molecule has 1 aliphatic heterocycles. The van der Waals surface area contributed by atoms with Crippen LogP contribution in [-0.4, -0.2) is 56.1 Å². The smallest absolute Gasteiger partial charge is 0.343 e. The maximum absolute atomic E-state index is 11.6. The second-order valence-electron chi connectivity index (χ2n) is 3.89. The van der Waals surface area contributed by atoms with Gasteiger partial charge in [0.25, 0.3) is 0 Å². The van der Waals surface area contributed by atoms with Gasteiger partial charge in [-0.2, -0.15) is 0 Å². The van der Waals surface area contributed by atoms with Crippen molar-refractivity contribution < 1.29 is 17.9 Å². The molecule has 2 rings (SSSR count). The predicted octanol–water partition coefficient (Wildman–Crippen LogP) is -0.502. The summed E-state index contributed by atoms with van der Waals surface area (Å²) in [7, 11) is -1.69. The van der Waals surface area contributed by atoms with E-state index in [2.05, 4.69) is 14.7 Å². The minimum absolute atomic E-state index is 0.0671. The maximum atomic E-state index is 11.6. The van der Waals surface area contributed by atoms with Crippen LogP contribution in [0.3, 0.4) is 0 Å². The molecular weight excluding hydrogens is 258 g/mol. The Morgan fingerprint density at radius 2 is 2.06 bits per heavy atom. The van der Waals surface area contributed by atoms with Gasteiger partial charge in [0, 0.05) is 19.3 Å². The van der Waals surface area contributed by atoms with Gasteiger partial charge < -0.3 is 9.64 Å². The SMILES string of the molecule is COC(=O)c1cncnc1N1CCS(=O)(=O)CC1. The number of anilines is 1. The van der Waals surface area contributed by atoms with E-state index in [1.54, 1.807) is 4.90 Å². The summed E-state index contributed by atoms with van der Waals surface area (Å²) in [4.78, 5) is 21.1. The van der Waals surface area contributed by atoms with Crippen molar-refractivity contribution in [2.75, 3.05) is 36.6 Å². The van der Waals surface area contributed by atoms with E-state index >= 15 is 0 Å². The molecule has 0 bridgehead atoms. The molecule has 18 heavy (non-hydrogen) atoms. The third-order valence-corrected chi connectivity index (χ3v) is 4.35. The Kier molecular flexibility index (Phi) is 3.46. The van der Waals surface area contributed by atoms with E-state index in [1.807, 2.05) is 0 Å². The van der Waals surface area contributed by atoms with E-state index in [0.717, 1.165) is 0 Å². The summed E-state index contributed by atoms with van der Waals surface area (Å²) in [6.45, 7) is 0.646. The van der Waals surface area contributed by atoms with Gasteiger partial charge in [0.15, 0.2) is 9.84 Å². The zero-order valence-electron chi connectivity index (χ0n) is 9.87. The van der Waals surface area contributed by atoms with Gasteiger partial charge >= 0.3 is 5.97 Å². The fraction of sp³-hybridized carbons (Fsp3) is 0.500. The van der Waals surface area contributed by atoms with Crippen molar-refractivity contribution >= 4 is 21.6 Å². The predicted molar refractivity (Wildman–Crippen MR) is 64.2 cm³/mol. The van der Waals surface area contributed by atoms with Crippen molar-refractivity contribution in [2.45, 2.75) is 0 Å². The number of carbonyl (C=O) groups is 1. The molecule has 98 valence electrons. The van der Waals surface area contributed by atoms with Gasteiger partial charge in [-0.25, -0.2) is 23.2 Å². The minimum Gasteiger partial charge on any atom is -0.465 e. The first kappa shape index (κ1) is 12.7. The molecule has 0 aromatic carbocycles. The van der Waals surface area contributed by atoms with Gasteiger partial charge in [-0.15, -0.1) is 0 Å². The van der Waals surface area contributed by atoms with Crippen LogP contribution in [0.15, 0.2) is 12.5 Å². The van der Waals surface area contributed by atoms with Gasteiger partial charge in [-0.05, 0) is 0 Å². The second kappa shape index (κ2) is 4.89. The van der Waals surface area contributed by atoms with Crippen molar-refractivity contribution in [1.82, 2.24) is 9.97 Å². The molecule has 0 radical (unpaired) electrons. The Hall–Kier alpha value is -1.70. The molecule has 0 atom stereocenters. The standard InChI is InChI=1S/C10H13N3O4S/c1-17-10(14)8-6-11-7-12-9(8)13-2-4-18(15,16)5-3-13/h6-7H,2-5H2,1H3. The summed E-state index contributed by atoms with van der Waals surface area (Å²) in [5.41, 5.74) is 0.249. The number of carbonyl (C=O) groups excluding carboxylic acids is 1. The van der Waals surface area contributed by atoms with Crippen LogP contribution in [0.4, 0.5) is 5.82 Å². The van der Waals surface area contributed by atoms with E-state index in [9.17, 15) is 13.2 Å². The topological polar surface area (TPSA) is 89.5 Å². The second-order valence-corrected chi connectivity index (χ2v) is 6.19. The molecule has 0 N–H and O–H groups in total. The van der Waals surface area contributed by atoms with Crippen LogP contribution >= 0.6 is 0 Å². The van der Waals surface area contributed by atoms with Crippen LogP contribution in [-0.2, 0) is 14.6 Å². The first-order chi connectivity index (χ1) is 8.53. The van der Waals surface area contributed by atoms with Gasteiger partial charge in [0.05, 0.1) is 18.6 Å². The zero-order chi connectivity index (χ0) is 13.2. The average Bonchev–Trinajstić information content (AvgIpc) is 2.38. The lowest BCUT2D eigenvalue weighted by molar-refractivity contribution is 0.0600. The largest absolute Gasteiger partial charge is 0.465 e. The molecule has 8 heteroatoms. The van der Waals surface area contributed by atoms with Gasteiger partial charge in [0.1, 0.15) is 17.7 Å². The van der Waals surface area contributed by atoms with Crippen molar-refractivity contribution in [2.24, 2.45) is 0 Å². The lowest BCUT2D eigenvalue weighted by atomic mass is 10.3. The van der Waals surface area contributed by atoms with Gasteiger partial charge in [-0.3, -0.25) is 0 Å². The molecule has 1 aromatic heterocycles. The highest BCUT2D eigenvalue weighted by Gasteiger charge is 2.26. The Labute approximate surface area is 105 Å². The van der Waals surface area contributed by atoms with Crippen molar-refractivity contribution in [3.63, 3.8) is 0 Å². The van der Waals surface area contributed by atoms with E-state index in [0.29, 0.717) is 18.9 Å². The van der Waals surface area contributed by atoms with E-state index in [1.165, 1.54) is 19.6 Å². The number of sulfone groups is 1. The molecule has 0 saturated carbocycles. The average molecular weight is 271 g/mol. The summed E-state index contributed by atoms with van der Waals surface area (Å²) in [6.07, 6.45) is 2.70. The van der Waals surface area contributed by atoms with Crippen LogP contribution < -0.4 is 4.90 Å². The molecular formula is C10H13N3O4S. The van der Waals surface area contributed by atoms with E-state index < -0.39 is 15.8 Å². The molecule has 1 aromatic rings. The Morgan fingerprint density at radius 3 is 2.67 bits per heavy atom. The summed E-state index contributed by atoms with van der Waals surface area (Å²) >= 11 is 0. The highest BCUT2D eigenvalue weighted by molar-refractivity contribution is 7.91. The van der Waals surface area contributed by atoms with Crippen molar-refractivity contribution in [1.29, 1.82) is 0 Å². The minimum atomic E-state index is -2.96. The number of nitrogens with zero attached hydrogens (tertiary/aromatic N) is 3. The monoisotopic (exact) mass is 271 g/mol. The molecule has 0 spiro atoms. The summed E-state index contributed by atoms with van der Waals surface area (Å²) in [5.74, 6) is 0.0284. The number of rotatable bonds is 2. The Balaban J connectivity index is 2.27. The highest BCUT2D eigenvalue weighted by Crippen LogP contribution is 2.19. The van der Waals surface area contributed by atoms with Gasteiger partial charge in [0.2, 0.25) is 0 Å². The van der Waals surface area contributed by atoms with Crippen molar-refractivity contribution in [3.05, 3.63) is 18.1 Å². The molecule has 0 unspecified atom stereocenters. The molecule has 1 fully saturated rings. The van der Waals surface area contributed by atoms with E-state index in [-0.39, 0.29) is 17.1 Å². The molecule has 0 amide bonds.